The minimum Gasteiger partial charge on any atom is -0.384 e. The van der Waals surface area contributed by atoms with Crippen LogP contribution in [0.5, 0.6) is 0 Å². The average Bonchev–Trinajstić information content (AvgIpc) is 2.83. The SMILES string of the molecule is O=C1CN(C(=O)c2ccc3c(c2)NCC3)CC(=O)N1. The highest BCUT2D eigenvalue weighted by atomic mass is 16.2. The number of fused-ring (bicyclic) bond motifs is 1. The maximum Gasteiger partial charge on any atom is 0.254 e. The van der Waals surface area contributed by atoms with Gasteiger partial charge in [-0.3, -0.25) is 19.7 Å². The number of rotatable bonds is 1. The molecule has 2 N–H and O–H groups in total. The molecule has 98 valence electrons. The summed E-state index contributed by atoms with van der Waals surface area (Å²) in [6.07, 6.45) is 0.953. The van der Waals surface area contributed by atoms with E-state index in [1.165, 1.54) is 10.5 Å². The van der Waals surface area contributed by atoms with Crippen molar-refractivity contribution in [1.82, 2.24) is 10.2 Å². The van der Waals surface area contributed by atoms with Gasteiger partial charge in [-0.25, -0.2) is 0 Å². The fourth-order valence-electron chi connectivity index (χ4n) is 2.39. The van der Waals surface area contributed by atoms with Crippen LogP contribution in [0, 0.1) is 0 Å². The summed E-state index contributed by atoms with van der Waals surface area (Å²) in [4.78, 5) is 36.1. The van der Waals surface area contributed by atoms with Gasteiger partial charge in [-0.1, -0.05) is 6.07 Å². The van der Waals surface area contributed by atoms with Gasteiger partial charge in [-0.05, 0) is 24.1 Å². The van der Waals surface area contributed by atoms with E-state index in [0.717, 1.165) is 18.7 Å². The number of benzene rings is 1. The van der Waals surface area contributed by atoms with Crippen molar-refractivity contribution in [1.29, 1.82) is 0 Å². The second-order valence-electron chi connectivity index (χ2n) is 4.68. The van der Waals surface area contributed by atoms with Crippen molar-refractivity contribution in [3.05, 3.63) is 29.3 Å². The molecule has 0 saturated carbocycles. The summed E-state index contributed by atoms with van der Waals surface area (Å²) >= 11 is 0. The Morgan fingerprint density at radius 3 is 2.63 bits per heavy atom. The lowest BCUT2D eigenvalue weighted by Gasteiger charge is -2.25. The highest BCUT2D eigenvalue weighted by molar-refractivity contribution is 6.06. The molecule has 19 heavy (non-hydrogen) atoms. The first-order chi connectivity index (χ1) is 9.13. The van der Waals surface area contributed by atoms with Crippen LogP contribution in [-0.4, -0.2) is 42.3 Å². The van der Waals surface area contributed by atoms with Crippen LogP contribution in [0.25, 0.3) is 0 Å². The summed E-state index contributed by atoms with van der Waals surface area (Å²) in [7, 11) is 0. The quantitative estimate of drug-likeness (QED) is 0.682. The van der Waals surface area contributed by atoms with Crippen molar-refractivity contribution in [3.63, 3.8) is 0 Å². The van der Waals surface area contributed by atoms with Gasteiger partial charge in [-0.15, -0.1) is 0 Å². The molecule has 2 aliphatic rings. The number of carbonyl (C=O) groups is 3. The Morgan fingerprint density at radius 2 is 1.89 bits per heavy atom. The molecular weight excluding hydrogens is 246 g/mol. The van der Waals surface area contributed by atoms with Crippen molar-refractivity contribution in [3.8, 4) is 0 Å². The van der Waals surface area contributed by atoms with Gasteiger partial charge in [0.1, 0.15) is 13.1 Å². The molecular formula is C13H13N3O3. The molecule has 0 radical (unpaired) electrons. The standard InChI is InChI=1S/C13H13N3O3/c17-11-6-16(7-12(18)15-11)13(19)9-2-1-8-3-4-14-10(8)5-9/h1-2,5,14H,3-4,6-7H2,(H,15,17,18). The van der Waals surface area contributed by atoms with Gasteiger partial charge in [0.2, 0.25) is 11.8 Å². The van der Waals surface area contributed by atoms with Crippen molar-refractivity contribution >= 4 is 23.4 Å². The Labute approximate surface area is 109 Å². The summed E-state index contributed by atoms with van der Waals surface area (Å²) in [6, 6.07) is 5.43. The van der Waals surface area contributed by atoms with Crippen LogP contribution in [0.3, 0.4) is 0 Å². The van der Waals surface area contributed by atoms with Gasteiger partial charge < -0.3 is 10.2 Å². The lowest BCUT2D eigenvalue weighted by molar-refractivity contribution is -0.135. The lowest BCUT2D eigenvalue weighted by atomic mass is 10.1. The number of anilines is 1. The van der Waals surface area contributed by atoms with E-state index in [-0.39, 0.29) is 19.0 Å². The van der Waals surface area contributed by atoms with Crippen LogP contribution < -0.4 is 10.6 Å². The second kappa shape index (κ2) is 4.38. The fraction of sp³-hybridized carbons (Fsp3) is 0.308. The molecule has 1 fully saturated rings. The number of piperazine rings is 1. The fourth-order valence-corrected chi connectivity index (χ4v) is 2.39. The van der Waals surface area contributed by atoms with E-state index in [4.69, 9.17) is 0 Å². The zero-order valence-corrected chi connectivity index (χ0v) is 10.2. The number of imide groups is 1. The Kier molecular flexibility index (Phi) is 2.70. The predicted molar refractivity (Wildman–Crippen MR) is 67.7 cm³/mol. The maximum atomic E-state index is 12.3. The Morgan fingerprint density at radius 1 is 1.16 bits per heavy atom. The van der Waals surface area contributed by atoms with Crippen LogP contribution in [0.1, 0.15) is 15.9 Å². The summed E-state index contributed by atoms with van der Waals surface area (Å²) in [5, 5.41) is 5.37. The van der Waals surface area contributed by atoms with Crippen LogP contribution in [0.15, 0.2) is 18.2 Å². The van der Waals surface area contributed by atoms with Crippen molar-refractivity contribution in [2.24, 2.45) is 0 Å². The smallest absolute Gasteiger partial charge is 0.254 e. The largest absolute Gasteiger partial charge is 0.384 e. The second-order valence-corrected chi connectivity index (χ2v) is 4.68. The van der Waals surface area contributed by atoms with Gasteiger partial charge in [0.15, 0.2) is 0 Å². The topological polar surface area (TPSA) is 78.5 Å². The van der Waals surface area contributed by atoms with E-state index in [1.54, 1.807) is 12.1 Å². The zero-order chi connectivity index (χ0) is 13.4. The minimum atomic E-state index is -0.441. The Bertz CT molecular complexity index is 566. The molecule has 0 aromatic heterocycles. The Hall–Kier alpha value is -2.37. The molecule has 3 amide bonds. The number of nitrogens with one attached hydrogen (secondary N) is 2. The summed E-state index contributed by atoms with van der Waals surface area (Å²) < 4.78 is 0. The van der Waals surface area contributed by atoms with E-state index in [9.17, 15) is 14.4 Å². The van der Waals surface area contributed by atoms with Gasteiger partial charge in [0.05, 0.1) is 0 Å². The highest BCUT2D eigenvalue weighted by Gasteiger charge is 2.27. The van der Waals surface area contributed by atoms with Gasteiger partial charge in [-0.2, -0.15) is 0 Å². The van der Waals surface area contributed by atoms with Crippen LogP contribution in [-0.2, 0) is 16.0 Å². The third kappa shape index (κ3) is 2.16. The molecule has 1 aromatic rings. The van der Waals surface area contributed by atoms with Crippen LogP contribution >= 0.6 is 0 Å². The zero-order valence-electron chi connectivity index (χ0n) is 10.2. The number of nitrogens with zero attached hydrogens (tertiary/aromatic N) is 1. The van der Waals surface area contributed by atoms with Gasteiger partial charge >= 0.3 is 0 Å². The third-order valence-electron chi connectivity index (χ3n) is 3.30. The summed E-state index contributed by atoms with van der Waals surface area (Å²) in [6.45, 7) is 0.724. The predicted octanol–water partition coefficient (Wildman–Crippen LogP) is -0.247. The molecule has 6 nitrogen and oxygen atoms in total. The molecule has 0 unspecified atom stereocenters. The van der Waals surface area contributed by atoms with E-state index >= 15 is 0 Å². The molecule has 1 aromatic carbocycles. The number of hydrogen-bond acceptors (Lipinski definition) is 4. The van der Waals surface area contributed by atoms with Gasteiger partial charge in [0, 0.05) is 17.8 Å². The molecule has 0 atom stereocenters. The Balaban J connectivity index is 1.83. The first-order valence-electron chi connectivity index (χ1n) is 6.12. The summed E-state index contributed by atoms with van der Waals surface area (Å²) in [5.41, 5.74) is 2.64. The molecule has 2 aliphatic heterocycles. The monoisotopic (exact) mass is 259 g/mol. The molecule has 0 spiro atoms. The molecule has 3 rings (SSSR count). The van der Waals surface area contributed by atoms with E-state index in [2.05, 4.69) is 10.6 Å². The summed E-state index contributed by atoms with van der Waals surface area (Å²) in [5.74, 6) is -1.17. The third-order valence-corrected chi connectivity index (χ3v) is 3.30. The van der Waals surface area contributed by atoms with Crippen molar-refractivity contribution < 1.29 is 14.4 Å². The number of amides is 3. The highest BCUT2D eigenvalue weighted by Crippen LogP contribution is 2.23. The molecule has 1 saturated heterocycles. The average molecular weight is 259 g/mol. The van der Waals surface area contributed by atoms with Crippen LogP contribution in [0.4, 0.5) is 5.69 Å². The molecule has 0 bridgehead atoms. The number of hydrogen-bond donors (Lipinski definition) is 2. The van der Waals surface area contributed by atoms with Crippen molar-refractivity contribution in [2.75, 3.05) is 25.0 Å². The maximum absolute atomic E-state index is 12.3. The molecule has 0 aliphatic carbocycles. The van der Waals surface area contributed by atoms with Crippen LogP contribution in [0.2, 0.25) is 0 Å². The lowest BCUT2D eigenvalue weighted by Crippen LogP contribution is -2.53. The minimum absolute atomic E-state index is 0.0743. The molecule has 6 heteroatoms. The molecule has 2 heterocycles. The van der Waals surface area contributed by atoms with E-state index in [0.29, 0.717) is 5.56 Å². The van der Waals surface area contributed by atoms with E-state index in [1.807, 2.05) is 6.07 Å². The number of carbonyl (C=O) groups excluding carboxylic acids is 3. The van der Waals surface area contributed by atoms with E-state index < -0.39 is 11.8 Å². The van der Waals surface area contributed by atoms with Gasteiger partial charge in [0.25, 0.3) is 5.91 Å². The first kappa shape index (κ1) is 11.7. The van der Waals surface area contributed by atoms with Crippen molar-refractivity contribution in [2.45, 2.75) is 6.42 Å². The normalized spacial score (nSPS) is 17.8. The first-order valence-corrected chi connectivity index (χ1v) is 6.12.